The third-order valence-corrected chi connectivity index (χ3v) is 3.96. The van der Waals surface area contributed by atoms with E-state index in [-0.39, 0.29) is 0 Å². The Morgan fingerprint density at radius 2 is 2.29 bits per heavy atom. The Kier molecular flexibility index (Phi) is 4.55. The lowest BCUT2D eigenvalue weighted by atomic mass is 10.2. The molecule has 5 nitrogen and oxygen atoms in total. The van der Waals surface area contributed by atoms with Crippen molar-refractivity contribution in [1.82, 2.24) is 15.5 Å². The average molecular weight is 352 g/mol. The highest BCUT2D eigenvalue weighted by Crippen LogP contribution is 2.38. The molecule has 6 heteroatoms. The highest BCUT2D eigenvalue weighted by atomic mass is 79.9. The van der Waals surface area contributed by atoms with Crippen molar-refractivity contribution in [3.05, 3.63) is 40.0 Å². The number of ether oxygens (including phenoxy) is 1. The van der Waals surface area contributed by atoms with Gasteiger partial charge in [0.1, 0.15) is 5.75 Å². The molecule has 0 saturated heterocycles. The van der Waals surface area contributed by atoms with Crippen molar-refractivity contribution in [3.63, 3.8) is 0 Å². The highest BCUT2D eigenvalue weighted by Gasteiger charge is 2.29. The van der Waals surface area contributed by atoms with Crippen molar-refractivity contribution in [2.45, 2.75) is 38.8 Å². The molecule has 112 valence electrons. The van der Waals surface area contributed by atoms with E-state index in [0.29, 0.717) is 18.3 Å². The van der Waals surface area contributed by atoms with Gasteiger partial charge in [0.15, 0.2) is 6.61 Å². The molecule has 21 heavy (non-hydrogen) atoms. The van der Waals surface area contributed by atoms with Crippen LogP contribution in [-0.2, 0) is 13.2 Å². The molecule has 3 rings (SSSR count). The van der Waals surface area contributed by atoms with Gasteiger partial charge >= 0.3 is 0 Å². The number of nitrogens with one attached hydrogen (secondary N) is 1. The van der Waals surface area contributed by atoms with E-state index in [9.17, 15) is 0 Å². The molecule has 1 heterocycles. The highest BCUT2D eigenvalue weighted by molar-refractivity contribution is 9.10. The number of hydrogen-bond acceptors (Lipinski definition) is 5. The summed E-state index contributed by atoms with van der Waals surface area (Å²) in [6, 6.07) is 6.07. The molecule has 0 bridgehead atoms. The van der Waals surface area contributed by atoms with Crippen molar-refractivity contribution in [2.24, 2.45) is 0 Å². The molecule has 1 aromatic carbocycles. The first kappa shape index (κ1) is 14.5. The van der Waals surface area contributed by atoms with Gasteiger partial charge in [-0.15, -0.1) is 0 Å². The molecule has 0 atom stereocenters. The molecule has 1 aliphatic carbocycles. The number of rotatable bonds is 7. The Morgan fingerprint density at radius 1 is 1.43 bits per heavy atom. The van der Waals surface area contributed by atoms with Crippen molar-refractivity contribution in [3.8, 4) is 5.75 Å². The Balaban J connectivity index is 1.58. The van der Waals surface area contributed by atoms with Gasteiger partial charge in [0, 0.05) is 12.5 Å². The van der Waals surface area contributed by atoms with Crippen LogP contribution >= 0.6 is 15.9 Å². The third-order valence-electron chi connectivity index (χ3n) is 3.34. The van der Waals surface area contributed by atoms with Crippen molar-refractivity contribution in [1.29, 1.82) is 0 Å². The summed E-state index contributed by atoms with van der Waals surface area (Å²) in [5.74, 6) is 2.60. The summed E-state index contributed by atoms with van der Waals surface area (Å²) < 4.78 is 11.9. The molecule has 1 fully saturated rings. The molecule has 2 aromatic rings. The largest absolute Gasteiger partial charge is 0.484 e. The van der Waals surface area contributed by atoms with Gasteiger partial charge in [0.25, 0.3) is 0 Å². The Labute approximate surface area is 132 Å². The maximum Gasteiger partial charge on any atom is 0.229 e. The van der Waals surface area contributed by atoms with Crippen LogP contribution in [0.25, 0.3) is 0 Å². The minimum atomic E-state index is 0.321. The zero-order valence-corrected chi connectivity index (χ0v) is 13.5. The third kappa shape index (κ3) is 3.83. The predicted molar refractivity (Wildman–Crippen MR) is 82.1 cm³/mol. The fraction of sp³-hybridized carbons (Fsp3) is 0.467. The fourth-order valence-electron chi connectivity index (χ4n) is 2.01. The Bertz CT molecular complexity index is 611. The second kappa shape index (κ2) is 6.58. The first-order valence-corrected chi connectivity index (χ1v) is 8.00. The molecule has 0 amide bonds. The Morgan fingerprint density at radius 3 is 3.00 bits per heavy atom. The van der Waals surface area contributed by atoms with Crippen LogP contribution in [0.1, 0.15) is 43.0 Å². The number of nitrogens with zero attached hydrogens (tertiary/aromatic N) is 2. The normalized spacial score (nSPS) is 14.4. The van der Waals surface area contributed by atoms with E-state index in [2.05, 4.69) is 50.4 Å². The second-order valence-corrected chi connectivity index (χ2v) is 6.01. The quantitative estimate of drug-likeness (QED) is 0.828. The smallest absolute Gasteiger partial charge is 0.229 e. The van der Waals surface area contributed by atoms with Gasteiger partial charge in [-0.25, -0.2) is 0 Å². The second-order valence-electron chi connectivity index (χ2n) is 5.16. The summed E-state index contributed by atoms with van der Waals surface area (Å²) in [7, 11) is 0. The summed E-state index contributed by atoms with van der Waals surface area (Å²) in [6.45, 7) is 4.22. The maximum atomic E-state index is 5.74. The molecule has 0 spiro atoms. The molecule has 1 N–H and O–H groups in total. The molecular formula is C15H18BrN3O2. The van der Waals surface area contributed by atoms with Gasteiger partial charge in [-0.2, -0.15) is 4.98 Å². The van der Waals surface area contributed by atoms with Gasteiger partial charge in [-0.3, -0.25) is 0 Å². The minimum Gasteiger partial charge on any atom is -0.484 e. The van der Waals surface area contributed by atoms with Crippen LogP contribution in [0.3, 0.4) is 0 Å². The molecule has 1 aliphatic rings. The lowest BCUT2D eigenvalue weighted by Crippen LogP contribution is -2.11. The van der Waals surface area contributed by atoms with Crippen molar-refractivity contribution < 1.29 is 9.26 Å². The zero-order valence-electron chi connectivity index (χ0n) is 11.9. The summed E-state index contributed by atoms with van der Waals surface area (Å²) in [5, 5.41) is 7.24. The molecule has 1 aromatic heterocycles. The Hall–Kier alpha value is -1.40. The van der Waals surface area contributed by atoms with Gasteiger partial charge in [-0.05, 0) is 53.0 Å². The van der Waals surface area contributed by atoms with Crippen LogP contribution in [0.2, 0.25) is 0 Å². The number of benzene rings is 1. The van der Waals surface area contributed by atoms with Crippen LogP contribution in [0.15, 0.2) is 27.2 Å². The first-order chi connectivity index (χ1) is 10.3. The van der Waals surface area contributed by atoms with Crippen LogP contribution in [0, 0.1) is 0 Å². The van der Waals surface area contributed by atoms with Gasteiger partial charge < -0.3 is 14.6 Å². The van der Waals surface area contributed by atoms with Crippen LogP contribution in [-0.4, -0.2) is 16.7 Å². The zero-order chi connectivity index (χ0) is 14.7. The van der Waals surface area contributed by atoms with Gasteiger partial charge in [0.2, 0.25) is 11.7 Å². The summed E-state index contributed by atoms with van der Waals surface area (Å²) in [6.07, 6.45) is 2.31. The van der Waals surface area contributed by atoms with E-state index in [0.717, 1.165) is 42.0 Å². The summed E-state index contributed by atoms with van der Waals surface area (Å²) in [4.78, 5) is 4.35. The topological polar surface area (TPSA) is 60.2 Å². The number of hydrogen-bond donors (Lipinski definition) is 1. The van der Waals surface area contributed by atoms with E-state index < -0.39 is 0 Å². The summed E-state index contributed by atoms with van der Waals surface area (Å²) >= 11 is 3.53. The van der Waals surface area contributed by atoms with Gasteiger partial charge in [0.05, 0.1) is 4.47 Å². The van der Waals surface area contributed by atoms with E-state index >= 15 is 0 Å². The molecule has 0 radical (unpaired) electrons. The van der Waals surface area contributed by atoms with E-state index in [1.807, 2.05) is 6.07 Å². The maximum absolute atomic E-state index is 5.74. The number of aromatic nitrogens is 2. The van der Waals surface area contributed by atoms with Crippen LogP contribution in [0.4, 0.5) is 0 Å². The van der Waals surface area contributed by atoms with Crippen molar-refractivity contribution >= 4 is 15.9 Å². The lowest BCUT2D eigenvalue weighted by Gasteiger charge is -2.08. The first-order valence-electron chi connectivity index (χ1n) is 7.20. The number of halogens is 1. The lowest BCUT2D eigenvalue weighted by molar-refractivity contribution is 0.283. The van der Waals surface area contributed by atoms with Crippen molar-refractivity contribution in [2.75, 3.05) is 6.54 Å². The van der Waals surface area contributed by atoms with Crippen LogP contribution < -0.4 is 10.1 Å². The van der Waals surface area contributed by atoms with E-state index in [4.69, 9.17) is 9.26 Å². The molecule has 0 unspecified atom stereocenters. The van der Waals surface area contributed by atoms with Gasteiger partial charge in [-0.1, -0.05) is 18.1 Å². The standard InChI is InChI=1S/C15H18BrN3O2/c1-2-17-8-10-3-6-13(12(16)7-10)20-9-14-18-15(21-19-14)11-4-5-11/h3,6-7,11,17H,2,4-5,8-9H2,1H3. The molecular weight excluding hydrogens is 334 g/mol. The van der Waals surface area contributed by atoms with E-state index in [1.54, 1.807) is 0 Å². The summed E-state index contributed by atoms with van der Waals surface area (Å²) in [5.41, 5.74) is 1.21. The average Bonchev–Trinajstić information content (AvgIpc) is 3.23. The minimum absolute atomic E-state index is 0.321. The fourth-order valence-corrected chi connectivity index (χ4v) is 2.55. The SMILES string of the molecule is CCNCc1ccc(OCc2noc(C3CC3)n2)c(Br)c1. The monoisotopic (exact) mass is 351 g/mol. The predicted octanol–water partition coefficient (Wildman–Crippen LogP) is 3.40. The molecule has 0 aliphatic heterocycles. The molecule has 1 saturated carbocycles. The van der Waals surface area contributed by atoms with E-state index in [1.165, 1.54) is 5.56 Å². The van der Waals surface area contributed by atoms with Crippen LogP contribution in [0.5, 0.6) is 5.75 Å².